The molecule has 0 aliphatic carbocycles. The molecule has 1 N–H and O–H groups in total. The Kier molecular flexibility index (Phi) is 5.93. The third kappa shape index (κ3) is 4.14. The van der Waals surface area contributed by atoms with Crippen molar-refractivity contribution in [2.24, 2.45) is 0 Å². The molecular formula is C20H25ClN4O3. The molecule has 28 heavy (non-hydrogen) atoms. The number of rotatable bonds is 6. The SMILES string of the molecule is Cc1nn(C(C)CNC(=O)CCN2C(=O)COc3ccc(Cl)cc32)c(C)c1C. The predicted octanol–water partition coefficient (Wildman–Crippen LogP) is 2.95. The molecule has 1 unspecified atom stereocenters. The zero-order valence-corrected chi connectivity index (χ0v) is 17.3. The second-order valence-electron chi connectivity index (χ2n) is 7.09. The fraction of sp³-hybridized carbons (Fsp3) is 0.450. The van der Waals surface area contributed by atoms with Crippen molar-refractivity contribution in [3.63, 3.8) is 0 Å². The van der Waals surface area contributed by atoms with E-state index in [0.29, 0.717) is 23.0 Å². The van der Waals surface area contributed by atoms with E-state index < -0.39 is 0 Å². The molecule has 0 fully saturated rings. The van der Waals surface area contributed by atoms with Crippen LogP contribution in [0.2, 0.25) is 5.02 Å². The highest BCUT2D eigenvalue weighted by atomic mass is 35.5. The summed E-state index contributed by atoms with van der Waals surface area (Å²) < 4.78 is 7.36. The summed E-state index contributed by atoms with van der Waals surface area (Å²) in [6, 6.07) is 5.17. The number of hydrogen-bond donors (Lipinski definition) is 1. The summed E-state index contributed by atoms with van der Waals surface area (Å²) in [4.78, 5) is 26.1. The fourth-order valence-corrected chi connectivity index (χ4v) is 3.41. The third-order valence-electron chi connectivity index (χ3n) is 5.13. The van der Waals surface area contributed by atoms with Crippen LogP contribution in [0.25, 0.3) is 0 Å². The van der Waals surface area contributed by atoms with Crippen molar-refractivity contribution >= 4 is 29.1 Å². The molecule has 2 heterocycles. The molecule has 0 saturated carbocycles. The number of aryl methyl sites for hydroxylation is 1. The summed E-state index contributed by atoms with van der Waals surface area (Å²) in [5, 5.41) is 7.98. The second-order valence-corrected chi connectivity index (χ2v) is 7.53. The molecule has 3 rings (SSSR count). The molecule has 0 spiro atoms. The van der Waals surface area contributed by atoms with Crippen LogP contribution >= 0.6 is 11.6 Å². The Balaban J connectivity index is 1.57. The minimum atomic E-state index is -0.186. The van der Waals surface area contributed by atoms with Crippen LogP contribution in [0.1, 0.15) is 36.3 Å². The van der Waals surface area contributed by atoms with E-state index in [2.05, 4.69) is 10.4 Å². The molecule has 2 aromatic rings. The number of carbonyl (C=O) groups is 2. The van der Waals surface area contributed by atoms with Gasteiger partial charge in [-0.1, -0.05) is 11.6 Å². The van der Waals surface area contributed by atoms with E-state index in [9.17, 15) is 9.59 Å². The smallest absolute Gasteiger partial charge is 0.265 e. The van der Waals surface area contributed by atoms with Crippen molar-refractivity contribution in [3.05, 3.63) is 40.2 Å². The monoisotopic (exact) mass is 404 g/mol. The summed E-state index contributed by atoms with van der Waals surface area (Å²) in [7, 11) is 0. The Labute approximate surface area is 169 Å². The quantitative estimate of drug-likeness (QED) is 0.803. The third-order valence-corrected chi connectivity index (χ3v) is 5.36. The van der Waals surface area contributed by atoms with Gasteiger partial charge in [-0.15, -0.1) is 0 Å². The van der Waals surface area contributed by atoms with Gasteiger partial charge in [0.15, 0.2) is 6.61 Å². The van der Waals surface area contributed by atoms with Gasteiger partial charge in [-0.2, -0.15) is 5.10 Å². The fourth-order valence-electron chi connectivity index (χ4n) is 3.24. The first-order valence-electron chi connectivity index (χ1n) is 9.29. The lowest BCUT2D eigenvalue weighted by atomic mass is 10.2. The van der Waals surface area contributed by atoms with Crippen molar-refractivity contribution < 1.29 is 14.3 Å². The van der Waals surface area contributed by atoms with E-state index in [4.69, 9.17) is 16.3 Å². The summed E-state index contributed by atoms with van der Waals surface area (Å²) in [6.07, 6.45) is 0.195. The highest BCUT2D eigenvalue weighted by Crippen LogP contribution is 2.34. The standard InChI is InChI=1S/C20H25ClN4O3/c1-12(25-15(4)13(2)14(3)23-25)10-22-19(26)7-8-24-17-9-16(21)5-6-18(17)28-11-20(24)27/h5-6,9,12H,7-8,10-11H2,1-4H3,(H,22,26). The molecule has 1 aromatic carbocycles. The number of fused-ring (bicyclic) bond motifs is 1. The number of nitrogens with one attached hydrogen (secondary N) is 1. The van der Waals surface area contributed by atoms with Gasteiger partial charge >= 0.3 is 0 Å². The van der Waals surface area contributed by atoms with Crippen LogP contribution in [0.15, 0.2) is 18.2 Å². The molecule has 1 aliphatic rings. The van der Waals surface area contributed by atoms with Crippen molar-refractivity contribution in [3.8, 4) is 5.75 Å². The van der Waals surface area contributed by atoms with Crippen molar-refractivity contribution in [1.82, 2.24) is 15.1 Å². The highest BCUT2D eigenvalue weighted by molar-refractivity contribution is 6.31. The molecule has 1 atom stereocenters. The lowest BCUT2D eigenvalue weighted by Gasteiger charge is -2.29. The molecular weight excluding hydrogens is 380 g/mol. The largest absolute Gasteiger partial charge is 0.482 e. The zero-order chi connectivity index (χ0) is 20.4. The topological polar surface area (TPSA) is 76.5 Å². The molecule has 0 saturated heterocycles. The Morgan fingerprint density at radius 1 is 1.36 bits per heavy atom. The van der Waals surface area contributed by atoms with Gasteiger partial charge in [-0.05, 0) is 51.5 Å². The summed E-state index contributed by atoms with van der Waals surface area (Å²) in [5.74, 6) is 0.292. The number of halogens is 1. The predicted molar refractivity (Wildman–Crippen MR) is 108 cm³/mol. The van der Waals surface area contributed by atoms with Crippen LogP contribution in [0.5, 0.6) is 5.75 Å². The Bertz CT molecular complexity index is 909. The van der Waals surface area contributed by atoms with E-state index in [1.54, 1.807) is 23.1 Å². The number of amides is 2. The number of hydrogen-bond acceptors (Lipinski definition) is 4. The van der Waals surface area contributed by atoms with Crippen LogP contribution in [0.4, 0.5) is 5.69 Å². The van der Waals surface area contributed by atoms with Gasteiger partial charge in [-0.3, -0.25) is 14.3 Å². The lowest BCUT2D eigenvalue weighted by Crippen LogP contribution is -2.41. The first-order chi connectivity index (χ1) is 13.3. The maximum atomic E-state index is 12.3. The first kappa shape index (κ1) is 20.2. The maximum Gasteiger partial charge on any atom is 0.265 e. The molecule has 1 aromatic heterocycles. The Morgan fingerprint density at radius 2 is 2.11 bits per heavy atom. The molecule has 150 valence electrons. The number of ether oxygens (including phenoxy) is 1. The van der Waals surface area contributed by atoms with Gasteiger partial charge < -0.3 is 15.0 Å². The number of nitrogens with zero attached hydrogens (tertiary/aromatic N) is 3. The van der Waals surface area contributed by atoms with Crippen molar-refractivity contribution in [2.45, 2.75) is 40.2 Å². The number of anilines is 1. The number of benzene rings is 1. The molecule has 8 heteroatoms. The van der Waals surface area contributed by atoms with Crippen LogP contribution < -0.4 is 15.0 Å². The van der Waals surface area contributed by atoms with E-state index in [0.717, 1.165) is 11.4 Å². The maximum absolute atomic E-state index is 12.3. The summed E-state index contributed by atoms with van der Waals surface area (Å²) in [6.45, 7) is 8.78. The van der Waals surface area contributed by atoms with E-state index in [-0.39, 0.29) is 37.4 Å². The van der Waals surface area contributed by atoms with E-state index in [1.165, 1.54) is 5.56 Å². The van der Waals surface area contributed by atoms with Crippen LogP contribution in [-0.4, -0.2) is 41.3 Å². The summed E-state index contributed by atoms with van der Waals surface area (Å²) in [5.41, 5.74) is 3.87. The van der Waals surface area contributed by atoms with Gasteiger partial charge in [0.1, 0.15) is 5.75 Å². The normalized spacial score (nSPS) is 14.5. The average Bonchev–Trinajstić information content (AvgIpc) is 2.92. The van der Waals surface area contributed by atoms with Crippen LogP contribution in [0.3, 0.4) is 0 Å². The number of aromatic nitrogens is 2. The second kappa shape index (κ2) is 8.22. The minimum Gasteiger partial charge on any atom is -0.482 e. The summed E-state index contributed by atoms with van der Waals surface area (Å²) >= 11 is 6.04. The lowest BCUT2D eigenvalue weighted by molar-refractivity contribution is -0.122. The van der Waals surface area contributed by atoms with Gasteiger partial charge in [0.2, 0.25) is 5.91 Å². The van der Waals surface area contributed by atoms with Gasteiger partial charge in [0.05, 0.1) is 17.4 Å². The van der Waals surface area contributed by atoms with Crippen LogP contribution in [0, 0.1) is 20.8 Å². The van der Waals surface area contributed by atoms with Gasteiger partial charge in [0.25, 0.3) is 5.91 Å². The molecule has 1 aliphatic heterocycles. The first-order valence-corrected chi connectivity index (χ1v) is 9.67. The molecule has 7 nitrogen and oxygen atoms in total. The van der Waals surface area contributed by atoms with E-state index in [1.807, 2.05) is 32.4 Å². The van der Waals surface area contributed by atoms with Gasteiger partial charge in [0, 0.05) is 30.2 Å². The number of carbonyl (C=O) groups excluding carboxylic acids is 2. The Morgan fingerprint density at radius 3 is 2.79 bits per heavy atom. The Hall–Kier alpha value is -2.54. The van der Waals surface area contributed by atoms with Crippen molar-refractivity contribution in [1.29, 1.82) is 0 Å². The highest BCUT2D eigenvalue weighted by Gasteiger charge is 2.26. The van der Waals surface area contributed by atoms with Crippen molar-refractivity contribution in [2.75, 3.05) is 24.6 Å². The van der Waals surface area contributed by atoms with Crippen LogP contribution in [-0.2, 0) is 9.59 Å². The van der Waals surface area contributed by atoms with Gasteiger partial charge in [-0.25, -0.2) is 0 Å². The minimum absolute atomic E-state index is 0.0371. The molecule has 0 bridgehead atoms. The molecule has 2 amide bonds. The molecule has 0 radical (unpaired) electrons. The average molecular weight is 405 g/mol. The zero-order valence-electron chi connectivity index (χ0n) is 16.6. The van der Waals surface area contributed by atoms with E-state index >= 15 is 0 Å².